The second-order valence-corrected chi connectivity index (χ2v) is 5.82. The molecule has 0 fully saturated rings. The summed E-state index contributed by atoms with van der Waals surface area (Å²) in [6.45, 7) is 0. The molecule has 0 aliphatic rings. The van der Waals surface area contributed by atoms with Gasteiger partial charge < -0.3 is 10.8 Å². The van der Waals surface area contributed by atoms with Crippen molar-refractivity contribution in [2.45, 2.75) is 12.1 Å². The van der Waals surface area contributed by atoms with Crippen LogP contribution < -0.4 is 5.73 Å². The zero-order chi connectivity index (χ0) is 16.2. The largest absolute Gasteiger partial charge is 0.386 e. The van der Waals surface area contributed by atoms with Gasteiger partial charge in [0.15, 0.2) is 0 Å². The number of benzene rings is 2. The van der Waals surface area contributed by atoms with Gasteiger partial charge in [-0.15, -0.1) is 12.4 Å². The van der Waals surface area contributed by atoms with E-state index in [1.54, 1.807) is 18.3 Å². The first-order valence-corrected chi connectivity index (χ1v) is 7.72. The number of nitrogens with zero attached hydrogens (tertiary/aromatic N) is 1. The lowest BCUT2D eigenvalue weighted by molar-refractivity contribution is 0.147. The van der Waals surface area contributed by atoms with Gasteiger partial charge in [0.05, 0.1) is 12.1 Å². The molecule has 3 N–H and O–H groups in total. The summed E-state index contributed by atoms with van der Waals surface area (Å²) in [5.41, 5.74) is 9.88. The zero-order valence-corrected chi connectivity index (χ0v) is 14.4. The van der Waals surface area contributed by atoms with Crippen LogP contribution in [0.1, 0.15) is 23.3 Å². The van der Waals surface area contributed by atoms with E-state index < -0.39 is 12.1 Å². The fourth-order valence-corrected chi connectivity index (χ4v) is 2.61. The van der Waals surface area contributed by atoms with E-state index in [9.17, 15) is 5.11 Å². The number of halogens is 2. The SMILES string of the molecule is Cl.NC(c1ccc(Cl)cc1)C(O)c1ccc(-c2cccnc2)cc1. The van der Waals surface area contributed by atoms with E-state index in [-0.39, 0.29) is 12.4 Å². The minimum absolute atomic E-state index is 0. The second-order valence-electron chi connectivity index (χ2n) is 5.39. The van der Waals surface area contributed by atoms with Crippen LogP contribution in [0.15, 0.2) is 73.1 Å². The highest BCUT2D eigenvalue weighted by Crippen LogP contribution is 2.29. The molecule has 0 amide bonds. The Bertz CT molecular complexity index is 762. The molecule has 0 aliphatic carbocycles. The van der Waals surface area contributed by atoms with Crippen LogP contribution in [-0.2, 0) is 0 Å². The summed E-state index contributed by atoms with van der Waals surface area (Å²) in [5.74, 6) is 0. The molecule has 0 saturated heterocycles. The van der Waals surface area contributed by atoms with Crippen LogP contribution in [0, 0.1) is 0 Å². The van der Waals surface area contributed by atoms with Crippen LogP contribution in [0.2, 0.25) is 5.02 Å². The third kappa shape index (κ3) is 4.13. The lowest BCUT2D eigenvalue weighted by Crippen LogP contribution is -2.19. The minimum atomic E-state index is -0.779. The molecular formula is C19H18Cl2N2O. The Balaban J connectivity index is 0.00000208. The normalized spacial score (nSPS) is 13.0. The van der Waals surface area contributed by atoms with E-state index in [0.29, 0.717) is 5.02 Å². The molecule has 0 spiro atoms. The number of hydrogen-bond donors (Lipinski definition) is 2. The monoisotopic (exact) mass is 360 g/mol. The Morgan fingerprint density at radius 3 is 2.08 bits per heavy atom. The number of aromatic nitrogens is 1. The first-order chi connectivity index (χ1) is 11.1. The number of rotatable bonds is 4. The smallest absolute Gasteiger partial charge is 0.0982 e. The fourth-order valence-electron chi connectivity index (χ4n) is 2.48. The van der Waals surface area contributed by atoms with E-state index in [0.717, 1.165) is 22.3 Å². The van der Waals surface area contributed by atoms with E-state index in [1.807, 2.05) is 54.7 Å². The second kappa shape index (κ2) is 8.27. The maximum Gasteiger partial charge on any atom is 0.0982 e. The molecule has 0 radical (unpaired) electrons. The highest BCUT2D eigenvalue weighted by molar-refractivity contribution is 6.30. The maximum absolute atomic E-state index is 10.5. The lowest BCUT2D eigenvalue weighted by Gasteiger charge is -2.20. The molecule has 1 aromatic heterocycles. The van der Waals surface area contributed by atoms with Gasteiger partial charge in [-0.3, -0.25) is 4.98 Å². The van der Waals surface area contributed by atoms with Crippen molar-refractivity contribution < 1.29 is 5.11 Å². The molecule has 1 heterocycles. The predicted octanol–water partition coefficient (Wildman–Crippen LogP) is 4.56. The summed E-state index contributed by atoms with van der Waals surface area (Å²) in [6.07, 6.45) is 2.77. The Morgan fingerprint density at radius 1 is 0.875 bits per heavy atom. The quantitative estimate of drug-likeness (QED) is 0.716. The van der Waals surface area contributed by atoms with Crippen molar-refractivity contribution in [2.75, 3.05) is 0 Å². The lowest BCUT2D eigenvalue weighted by atomic mass is 9.95. The third-order valence-electron chi connectivity index (χ3n) is 3.84. The molecule has 2 unspecified atom stereocenters. The van der Waals surface area contributed by atoms with Gasteiger partial charge in [-0.25, -0.2) is 0 Å². The molecule has 3 rings (SSSR count). The Morgan fingerprint density at radius 2 is 1.50 bits per heavy atom. The highest BCUT2D eigenvalue weighted by atomic mass is 35.5. The molecule has 2 aromatic carbocycles. The molecule has 3 aromatic rings. The van der Waals surface area contributed by atoms with Crippen LogP contribution in [0.5, 0.6) is 0 Å². The summed E-state index contributed by atoms with van der Waals surface area (Å²) < 4.78 is 0. The van der Waals surface area contributed by atoms with Gasteiger partial charge in [0.1, 0.15) is 0 Å². The molecule has 5 heteroatoms. The van der Waals surface area contributed by atoms with Crippen molar-refractivity contribution in [1.82, 2.24) is 4.98 Å². The first kappa shape index (κ1) is 18.4. The Labute approximate surface area is 152 Å². The number of aliphatic hydroxyl groups excluding tert-OH is 1. The van der Waals surface area contributed by atoms with Crippen LogP contribution in [0.4, 0.5) is 0 Å². The highest BCUT2D eigenvalue weighted by Gasteiger charge is 2.18. The van der Waals surface area contributed by atoms with Gasteiger partial charge in [0, 0.05) is 17.4 Å². The average molecular weight is 361 g/mol. The summed E-state index contributed by atoms with van der Waals surface area (Å²) >= 11 is 5.88. The topological polar surface area (TPSA) is 59.1 Å². The molecule has 0 saturated carbocycles. The van der Waals surface area contributed by atoms with Crippen LogP contribution in [-0.4, -0.2) is 10.1 Å². The molecular weight excluding hydrogens is 343 g/mol. The van der Waals surface area contributed by atoms with E-state index in [1.165, 1.54) is 0 Å². The maximum atomic E-state index is 10.5. The fraction of sp³-hybridized carbons (Fsp3) is 0.105. The van der Waals surface area contributed by atoms with Gasteiger partial charge in [0.2, 0.25) is 0 Å². The predicted molar refractivity (Wildman–Crippen MR) is 100 cm³/mol. The van der Waals surface area contributed by atoms with Crippen molar-refractivity contribution in [2.24, 2.45) is 5.73 Å². The summed E-state index contributed by atoms with van der Waals surface area (Å²) in [6, 6.07) is 18.3. The first-order valence-electron chi connectivity index (χ1n) is 7.34. The van der Waals surface area contributed by atoms with Crippen molar-refractivity contribution in [3.63, 3.8) is 0 Å². The molecule has 124 valence electrons. The van der Waals surface area contributed by atoms with Crippen molar-refractivity contribution in [3.05, 3.63) is 89.2 Å². The summed E-state index contributed by atoms with van der Waals surface area (Å²) in [4.78, 5) is 4.11. The van der Waals surface area contributed by atoms with E-state index in [2.05, 4.69) is 4.98 Å². The van der Waals surface area contributed by atoms with Gasteiger partial charge in [-0.05, 0) is 40.5 Å². The summed E-state index contributed by atoms with van der Waals surface area (Å²) in [5, 5.41) is 11.2. The Kier molecular flexibility index (Phi) is 6.35. The van der Waals surface area contributed by atoms with Crippen LogP contribution in [0.25, 0.3) is 11.1 Å². The van der Waals surface area contributed by atoms with Crippen molar-refractivity contribution >= 4 is 24.0 Å². The van der Waals surface area contributed by atoms with Gasteiger partial charge in [-0.1, -0.05) is 54.1 Å². The number of pyridine rings is 1. The minimum Gasteiger partial charge on any atom is -0.386 e. The molecule has 2 atom stereocenters. The van der Waals surface area contributed by atoms with E-state index >= 15 is 0 Å². The molecule has 3 nitrogen and oxygen atoms in total. The molecule has 0 bridgehead atoms. The zero-order valence-electron chi connectivity index (χ0n) is 12.8. The van der Waals surface area contributed by atoms with E-state index in [4.69, 9.17) is 17.3 Å². The van der Waals surface area contributed by atoms with Crippen molar-refractivity contribution in [1.29, 1.82) is 0 Å². The van der Waals surface area contributed by atoms with Crippen molar-refractivity contribution in [3.8, 4) is 11.1 Å². The standard InChI is InChI=1S/C19H17ClN2O.ClH/c20-17-9-7-14(8-10-17)18(21)19(23)15-5-3-13(4-6-15)16-2-1-11-22-12-16;/h1-12,18-19,23H,21H2;1H. The van der Waals surface area contributed by atoms with Gasteiger partial charge in [-0.2, -0.15) is 0 Å². The third-order valence-corrected chi connectivity index (χ3v) is 4.09. The van der Waals surface area contributed by atoms with Gasteiger partial charge in [0.25, 0.3) is 0 Å². The van der Waals surface area contributed by atoms with Crippen LogP contribution >= 0.6 is 24.0 Å². The molecule has 0 aliphatic heterocycles. The Hall–Kier alpha value is -1.91. The van der Waals surface area contributed by atoms with Crippen LogP contribution in [0.3, 0.4) is 0 Å². The average Bonchev–Trinajstić information content (AvgIpc) is 2.62. The molecule has 24 heavy (non-hydrogen) atoms. The number of hydrogen-bond acceptors (Lipinski definition) is 3. The summed E-state index contributed by atoms with van der Waals surface area (Å²) in [7, 11) is 0. The number of aliphatic hydroxyl groups is 1. The van der Waals surface area contributed by atoms with Gasteiger partial charge >= 0.3 is 0 Å². The number of nitrogens with two attached hydrogens (primary N) is 1.